The summed E-state index contributed by atoms with van der Waals surface area (Å²) in [4.78, 5) is 5.27. The van der Waals surface area contributed by atoms with E-state index in [0.29, 0.717) is 18.8 Å². The lowest BCUT2D eigenvalue weighted by Gasteiger charge is -2.19. The molecule has 0 unspecified atom stereocenters. The first-order valence-electron chi connectivity index (χ1n) is 6.23. The Morgan fingerprint density at radius 1 is 1.43 bits per heavy atom. The van der Waals surface area contributed by atoms with E-state index in [9.17, 15) is 8.42 Å². The molecule has 2 aromatic rings. The van der Waals surface area contributed by atoms with Gasteiger partial charge in [-0.05, 0) is 23.6 Å². The molecule has 0 spiro atoms. The van der Waals surface area contributed by atoms with E-state index >= 15 is 0 Å². The van der Waals surface area contributed by atoms with Crippen molar-refractivity contribution >= 4 is 38.6 Å². The fraction of sp³-hybridized carbons (Fsp3) is 0.231. The van der Waals surface area contributed by atoms with Gasteiger partial charge in [0.1, 0.15) is 9.88 Å². The second-order valence-electron chi connectivity index (χ2n) is 4.25. The maximum absolute atomic E-state index is 12.6. The van der Waals surface area contributed by atoms with Crippen LogP contribution < -0.4 is 5.73 Å². The number of rotatable bonds is 6. The van der Waals surface area contributed by atoms with Gasteiger partial charge >= 0.3 is 0 Å². The van der Waals surface area contributed by atoms with Gasteiger partial charge < -0.3 is 5.73 Å². The largest absolute Gasteiger partial charge is 0.388 e. The molecule has 21 heavy (non-hydrogen) atoms. The smallest absolute Gasteiger partial charge is 0.244 e. The summed E-state index contributed by atoms with van der Waals surface area (Å²) < 4.78 is 26.6. The van der Waals surface area contributed by atoms with Crippen LogP contribution in [0.25, 0.3) is 0 Å². The first-order valence-corrected chi connectivity index (χ1v) is 8.96. The van der Waals surface area contributed by atoms with Crippen molar-refractivity contribution in [2.75, 3.05) is 6.54 Å². The Labute approximate surface area is 133 Å². The summed E-state index contributed by atoms with van der Waals surface area (Å²) in [6.45, 7) is 2.55. The highest BCUT2D eigenvalue weighted by molar-refractivity contribution is 7.89. The van der Waals surface area contributed by atoms with Gasteiger partial charge in [-0.2, -0.15) is 4.31 Å². The van der Waals surface area contributed by atoms with Crippen LogP contribution in [-0.4, -0.2) is 29.2 Å². The first kappa shape index (κ1) is 16.0. The number of pyridine rings is 1. The lowest BCUT2D eigenvalue weighted by atomic mass is 10.3. The Hall–Kier alpha value is -1.35. The average molecular weight is 341 g/mol. The molecule has 2 heterocycles. The van der Waals surface area contributed by atoms with Crippen LogP contribution in [-0.2, 0) is 16.6 Å². The summed E-state index contributed by atoms with van der Waals surface area (Å²) in [5, 5.41) is 1.92. The third-order valence-corrected chi connectivity index (χ3v) is 5.87. The van der Waals surface area contributed by atoms with Crippen LogP contribution >= 0.6 is 23.6 Å². The molecule has 5 nitrogen and oxygen atoms in total. The van der Waals surface area contributed by atoms with Crippen molar-refractivity contribution in [2.45, 2.75) is 18.4 Å². The second kappa shape index (κ2) is 6.61. The number of nitrogens with zero attached hydrogens (tertiary/aromatic N) is 2. The molecular weight excluding hydrogens is 326 g/mol. The molecular formula is C13H15N3O2S3. The molecule has 2 N–H and O–H groups in total. The number of hydrogen-bond acceptors (Lipinski definition) is 5. The highest BCUT2D eigenvalue weighted by atomic mass is 32.2. The van der Waals surface area contributed by atoms with Crippen molar-refractivity contribution in [3.63, 3.8) is 0 Å². The van der Waals surface area contributed by atoms with E-state index in [1.807, 2.05) is 24.4 Å². The molecule has 112 valence electrons. The zero-order chi connectivity index (χ0) is 15.5. The SMILES string of the molecule is CCN(Cc1cccs1)S(=O)(=O)c1ccc(C(N)=S)nc1. The summed E-state index contributed by atoms with van der Waals surface area (Å²) in [5.74, 6) is 0. The molecule has 8 heteroatoms. The van der Waals surface area contributed by atoms with Crippen LogP contribution in [0.15, 0.2) is 40.7 Å². The van der Waals surface area contributed by atoms with Crippen LogP contribution in [0.1, 0.15) is 17.5 Å². The molecule has 0 bridgehead atoms. The fourth-order valence-corrected chi connectivity index (χ4v) is 4.07. The van der Waals surface area contributed by atoms with Gasteiger partial charge in [0, 0.05) is 24.2 Å². The predicted octanol–water partition coefficient (Wildman–Crippen LogP) is 1.99. The molecule has 2 aromatic heterocycles. The van der Waals surface area contributed by atoms with Crippen molar-refractivity contribution in [3.05, 3.63) is 46.4 Å². The van der Waals surface area contributed by atoms with E-state index < -0.39 is 10.0 Å². The van der Waals surface area contributed by atoms with Gasteiger partial charge in [-0.25, -0.2) is 8.42 Å². The third-order valence-electron chi connectivity index (χ3n) is 2.89. The molecule has 0 amide bonds. The molecule has 0 fully saturated rings. The maximum Gasteiger partial charge on any atom is 0.244 e. The Balaban J connectivity index is 2.28. The lowest BCUT2D eigenvalue weighted by molar-refractivity contribution is 0.426. The van der Waals surface area contributed by atoms with Gasteiger partial charge in [0.15, 0.2) is 0 Å². The number of sulfonamides is 1. The quantitative estimate of drug-likeness (QED) is 0.813. The van der Waals surface area contributed by atoms with Crippen LogP contribution in [0, 0.1) is 0 Å². The van der Waals surface area contributed by atoms with E-state index in [1.54, 1.807) is 0 Å². The third kappa shape index (κ3) is 3.65. The summed E-state index contributed by atoms with van der Waals surface area (Å²) in [6.07, 6.45) is 1.29. The number of hydrogen-bond donors (Lipinski definition) is 1. The molecule has 0 saturated carbocycles. The Bertz CT molecular complexity index is 710. The van der Waals surface area contributed by atoms with Gasteiger partial charge in [0.25, 0.3) is 0 Å². The van der Waals surface area contributed by atoms with Crippen molar-refractivity contribution in [2.24, 2.45) is 5.73 Å². The number of nitrogens with two attached hydrogens (primary N) is 1. The van der Waals surface area contributed by atoms with Crippen LogP contribution in [0.5, 0.6) is 0 Å². The molecule has 0 aliphatic carbocycles. The number of thiophene rings is 1. The van der Waals surface area contributed by atoms with Crippen molar-refractivity contribution in [3.8, 4) is 0 Å². The molecule has 0 aliphatic heterocycles. The van der Waals surface area contributed by atoms with E-state index in [4.69, 9.17) is 18.0 Å². The predicted molar refractivity (Wildman–Crippen MR) is 87.7 cm³/mol. The topological polar surface area (TPSA) is 76.3 Å². The summed E-state index contributed by atoms with van der Waals surface area (Å²) in [5.41, 5.74) is 5.87. The van der Waals surface area contributed by atoms with Gasteiger partial charge in [0.05, 0.1) is 5.69 Å². The minimum atomic E-state index is -3.58. The second-order valence-corrected chi connectivity index (χ2v) is 7.66. The van der Waals surface area contributed by atoms with Crippen molar-refractivity contribution < 1.29 is 8.42 Å². The Morgan fingerprint density at radius 3 is 2.67 bits per heavy atom. The minimum absolute atomic E-state index is 0.140. The van der Waals surface area contributed by atoms with Gasteiger partial charge in [-0.3, -0.25) is 4.98 Å². The van der Waals surface area contributed by atoms with Crippen LogP contribution in [0.4, 0.5) is 0 Å². The fourth-order valence-electron chi connectivity index (χ4n) is 1.77. The van der Waals surface area contributed by atoms with Gasteiger partial charge in [-0.1, -0.05) is 25.2 Å². The molecule has 0 aromatic carbocycles. The molecule has 2 rings (SSSR count). The Morgan fingerprint density at radius 2 is 2.19 bits per heavy atom. The summed E-state index contributed by atoms with van der Waals surface area (Å²) >= 11 is 6.34. The van der Waals surface area contributed by atoms with Crippen LogP contribution in [0.2, 0.25) is 0 Å². The monoisotopic (exact) mass is 341 g/mol. The average Bonchev–Trinajstić information content (AvgIpc) is 2.97. The molecule has 0 atom stereocenters. The lowest BCUT2D eigenvalue weighted by Crippen LogP contribution is -2.30. The first-order chi connectivity index (χ1) is 9.95. The zero-order valence-corrected chi connectivity index (χ0v) is 13.8. The highest BCUT2D eigenvalue weighted by Gasteiger charge is 2.24. The number of thiocarbonyl (C=S) groups is 1. The summed E-state index contributed by atoms with van der Waals surface area (Å²) in [6, 6.07) is 6.82. The Kier molecular flexibility index (Phi) is 5.04. The number of aromatic nitrogens is 1. The minimum Gasteiger partial charge on any atom is -0.388 e. The zero-order valence-electron chi connectivity index (χ0n) is 11.4. The van der Waals surface area contributed by atoms with E-state index in [2.05, 4.69) is 4.98 Å². The standard InChI is InChI=1S/C13H15N3O2S3/c1-2-16(9-10-4-3-7-20-10)21(17,18)11-5-6-12(13(14)19)15-8-11/h3-8H,2,9H2,1H3,(H2,14,19). The molecule has 0 aliphatic rings. The van der Waals surface area contributed by atoms with E-state index in [-0.39, 0.29) is 9.88 Å². The molecule has 0 saturated heterocycles. The van der Waals surface area contributed by atoms with Crippen LogP contribution in [0.3, 0.4) is 0 Å². The van der Waals surface area contributed by atoms with Gasteiger partial charge in [0.2, 0.25) is 10.0 Å². The van der Waals surface area contributed by atoms with Crippen molar-refractivity contribution in [1.82, 2.24) is 9.29 Å². The van der Waals surface area contributed by atoms with Crippen molar-refractivity contribution in [1.29, 1.82) is 0 Å². The van der Waals surface area contributed by atoms with Gasteiger partial charge in [-0.15, -0.1) is 11.3 Å². The molecule has 0 radical (unpaired) electrons. The summed E-state index contributed by atoms with van der Waals surface area (Å²) in [7, 11) is -3.58. The highest BCUT2D eigenvalue weighted by Crippen LogP contribution is 2.19. The van der Waals surface area contributed by atoms with E-state index in [0.717, 1.165) is 4.88 Å². The maximum atomic E-state index is 12.6. The normalized spacial score (nSPS) is 11.7. The van der Waals surface area contributed by atoms with E-state index in [1.165, 1.54) is 34.0 Å².